The van der Waals surface area contributed by atoms with E-state index in [2.05, 4.69) is 37.7 Å². The van der Waals surface area contributed by atoms with Gasteiger partial charge in [0.1, 0.15) is 0 Å². The highest BCUT2D eigenvalue weighted by Gasteiger charge is 2.33. The summed E-state index contributed by atoms with van der Waals surface area (Å²) in [7, 11) is 0. The highest BCUT2D eigenvalue weighted by Crippen LogP contribution is 2.42. The largest absolute Gasteiger partial charge is 0.309 e. The Hall–Kier alpha value is -3.74. The lowest BCUT2D eigenvalue weighted by Gasteiger charge is -2.25. The van der Waals surface area contributed by atoms with E-state index in [1.165, 1.54) is 0 Å². The van der Waals surface area contributed by atoms with E-state index in [1.807, 2.05) is 47.3 Å². The molecule has 7 nitrogen and oxygen atoms in total. The summed E-state index contributed by atoms with van der Waals surface area (Å²) in [6, 6.07) is 15.9. The first-order valence-electron chi connectivity index (χ1n) is 9.14. The standard InChI is InChI=1S/C21H18N6O/c28-18-12-16(15-7-2-1-6-14(15)13-27-11-5-10-23-27)19-20(25-26-21(19)24-18)17-8-3-4-9-22-17/h1-11,16H,12-13H2,(H2,24,25,26,28). The van der Waals surface area contributed by atoms with E-state index in [4.69, 9.17) is 0 Å². The summed E-state index contributed by atoms with van der Waals surface area (Å²) >= 11 is 0. The molecule has 0 aliphatic carbocycles. The van der Waals surface area contributed by atoms with Gasteiger partial charge in [-0.3, -0.25) is 19.6 Å². The van der Waals surface area contributed by atoms with Gasteiger partial charge in [-0.25, -0.2) is 0 Å². The van der Waals surface area contributed by atoms with E-state index in [0.29, 0.717) is 18.8 Å². The predicted octanol–water partition coefficient (Wildman–Crippen LogP) is 3.19. The van der Waals surface area contributed by atoms with Crippen LogP contribution < -0.4 is 5.32 Å². The number of hydrogen-bond donors (Lipinski definition) is 2. The molecule has 0 saturated carbocycles. The van der Waals surface area contributed by atoms with Crippen LogP contribution in [0.2, 0.25) is 0 Å². The molecule has 1 aliphatic rings. The molecule has 0 radical (unpaired) electrons. The number of nitrogens with zero attached hydrogens (tertiary/aromatic N) is 4. The molecule has 138 valence electrons. The van der Waals surface area contributed by atoms with Crippen LogP contribution in [0.4, 0.5) is 5.82 Å². The van der Waals surface area contributed by atoms with Gasteiger partial charge in [-0.2, -0.15) is 10.2 Å². The molecule has 0 spiro atoms. The molecule has 1 amide bonds. The van der Waals surface area contributed by atoms with E-state index in [-0.39, 0.29) is 11.8 Å². The van der Waals surface area contributed by atoms with Gasteiger partial charge in [0, 0.05) is 36.5 Å². The number of hydrogen-bond acceptors (Lipinski definition) is 4. The number of anilines is 1. The van der Waals surface area contributed by atoms with Crippen molar-refractivity contribution in [1.29, 1.82) is 0 Å². The zero-order valence-corrected chi connectivity index (χ0v) is 15.0. The molecule has 7 heteroatoms. The van der Waals surface area contributed by atoms with Crippen LogP contribution in [0.15, 0.2) is 67.1 Å². The first kappa shape index (κ1) is 16.4. The van der Waals surface area contributed by atoms with Crippen molar-refractivity contribution < 1.29 is 4.79 Å². The van der Waals surface area contributed by atoms with Crippen LogP contribution in [0.25, 0.3) is 11.4 Å². The molecule has 28 heavy (non-hydrogen) atoms. The summed E-state index contributed by atoms with van der Waals surface area (Å²) in [4.78, 5) is 16.8. The van der Waals surface area contributed by atoms with Crippen LogP contribution in [0.3, 0.4) is 0 Å². The van der Waals surface area contributed by atoms with Gasteiger partial charge < -0.3 is 5.32 Å². The van der Waals surface area contributed by atoms with Crippen LogP contribution in [0, 0.1) is 0 Å². The van der Waals surface area contributed by atoms with Crippen LogP contribution >= 0.6 is 0 Å². The van der Waals surface area contributed by atoms with E-state index in [1.54, 1.807) is 12.4 Å². The number of carbonyl (C=O) groups excluding carboxylic acids is 1. The number of pyridine rings is 1. The minimum atomic E-state index is -0.105. The number of aromatic nitrogens is 5. The van der Waals surface area contributed by atoms with Gasteiger partial charge in [0.15, 0.2) is 5.82 Å². The Balaban J connectivity index is 1.63. The SMILES string of the molecule is O=C1CC(c2ccccc2Cn2cccn2)c2c(n[nH]c2-c2ccccn2)N1. The number of nitrogens with one attached hydrogen (secondary N) is 2. The Labute approximate surface area is 161 Å². The topological polar surface area (TPSA) is 88.5 Å². The van der Waals surface area contributed by atoms with E-state index in [9.17, 15) is 4.79 Å². The Morgan fingerprint density at radius 3 is 2.79 bits per heavy atom. The number of aromatic amines is 1. The molecule has 2 N–H and O–H groups in total. The van der Waals surface area contributed by atoms with Gasteiger partial charge in [-0.1, -0.05) is 30.3 Å². The number of rotatable bonds is 4. The molecule has 0 fully saturated rings. The van der Waals surface area contributed by atoms with Gasteiger partial charge in [-0.15, -0.1) is 0 Å². The highest BCUT2D eigenvalue weighted by molar-refractivity contribution is 5.96. The van der Waals surface area contributed by atoms with E-state index < -0.39 is 0 Å². The average molecular weight is 370 g/mol. The minimum Gasteiger partial charge on any atom is -0.309 e. The summed E-state index contributed by atoms with van der Waals surface area (Å²) in [5, 5.41) is 14.6. The van der Waals surface area contributed by atoms with Crippen LogP contribution in [-0.4, -0.2) is 30.9 Å². The second kappa shape index (κ2) is 6.77. The van der Waals surface area contributed by atoms with Gasteiger partial charge >= 0.3 is 0 Å². The molecule has 1 unspecified atom stereocenters. The summed E-state index contributed by atoms with van der Waals surface area (Å²) in [5.74, 6) is 0.438. The number of carbonyl (C=O) groups is 1. The summed E-state index contributed by atoms with van der Waals surface area (Å²) in [6.07, 6.45) is 5.82. The fourth-order valence-electron chi connectivity index (χ4n) is 3.81. The number of fused-ring (bicyclic) bond motifs is 1. The zero-order valence-electron chi connectivity index (χ0n) is 15.0. The lowest BCUT2D eigenvalue weighted by Crippen LogP contribution is -2.24. The molecule has 0 saturated heterocycles. The van der Waals surface area contributed by atoms with Crippen molar-refractivity contribution in [3.63, 3.8) is 0 Å². The molecule has 3 aromatic heterocycles. The first-order chi connectivity index (χ1) is 13.8. The van der Waals surface area contributed by atoms with Crippen molar-refractivity contribution in [3.8, 4) is 11.4 Å². The van der Waals surface area contributed by atoms with E-state index in [0.717, 1.165) is 28.1 Å². The molecule has 5 rings (SSSR count). The normalized spacial score (nSPS) is 15.9. The van der Waals surface area contributed by atoms with Crippen molar-refractivity contribution in [2.45, 2.75) is 18.9 Å². The van der Waals surface area contributed by atoms with Gasteiger partial charge in [0.05, 0.1) is 17.9 Å². The number of H-pyrrole nitrogens is 1. The summed E-state index contributed by atoms with van der Waals surface area (Å²) in [6.45, 7) is 0.646. The quantitative estimate of drug-likeness (QED) is 0.577. The Morgan fingerprint density at radius 2 is 1.96 bits per heavy atom. The first-order valence-corrected chi connectivity index (χ1v) is 9.14. The fraction of sp³-hybridized carbons (Fsp3) is 0.143. The monoisotopic (exact) mass is 370 g/mol. The van der Waals surface area contributed by atoms with Gasteiger partial charge in [0.25, 0.3) is 0 Å². The minimum absolute atomic E-state index is 0.0366. The summed E-state index contributed by atoms with van der Waals surface area (Å²) < 4.78 is 1.89. The maximum absolute atomic E-state index is 12.4. The Morgan fingerprint density at radius 1 is 1.07 bits per heavy atom. The van der Waals surface area contributed by atoms with Gasteiger partial charge in [-0.05, 0) is 29.3 Å². The second-order valence-electron chi connectivity index (χ2n) is 6.78. The van der Waals surface area contributed by atoms with Crippen LogP contribution in [0.1, 0.15) is 29.0 Å². The van der Waals surface area contributed by atoms with Crippen LogP contribution in [0.5, 0.6) is 0 Å². The third-order valence-corrected chi connectivity index (χ3v) is 5.04. The van der Waals surface area contributed by atoms with Crippen molar-refractivity contribution in [3.05, 3.63) is 83.8 Å². The van der Waals surface area contributed by atoms with Crippen molar-refractivity contribution in [2.75, 3.05) is 5.32 Å². The average Bonchev–Trinajstić information content (AvgIpc) is 3.38. The van der Waals surface area contributed by atoms with Crippen molar-refractivity contribution in [1.82, 2.24) is 25.0 Å². The van der Waals surface area contributed by atoms with Gasteiger partial charge in [0.2, 0.25) is 5.91 Å². The molecule has 4 heterocycles. The molecule has 4 aromatic rings. The maximum atomic E-state index is 12.4. The molecular weight excluding hydrogens is 352 g/mol. The van der Waals surface area contributed by atoms with Crippen molar-refractivity contribution in [2.24, 2.45) is 0 Å². The Bertz CT molecular complexity index is 1120. The molecule has 0 bridgehead atoms. The lowest BCUT2D eigenvalue weighted by atomic mass is 9.82. The zero-order chi connectivity index (χ0) is 18.9. The third kappa shape index (κ3) is 2.87. The third-order valence-electron chi connectivity index (χ3n) is 5.04. The predicted molar refractivity (Wildman–Crippen MR) is 105 cm³/mol. The summed E-state index contributed by atoms with van der Waals surface area (Å²) in [5.41, 5.74) is 4.86. The fourth-order valence-corrected chi connectivity index (χ4v) is 3.81. The van der Waals surface area contributed by atoms with Crippen LogP contribution in [-0.2, 0) is 11.3 Å². The molecule has 1 aliphatic heterocycles. The van der Waals surface area contributed by atoms with Crippen molar-refractivity contribution >= 4 is 11.7 Å². The maximum Gasteiger partial charge on any atom is 0.226 e. The smallest absolute Gasteiger partial charge is 0.226 e. The molecule has 1 atom stereocenters. The number of benzene rings is 1. The second-order valence-corrected chi connectivity index (χ2v) is 6.78. The number of amides is 1. The Kier molecular flexibility index (Phi) is 3.97. The van der Waals surface area contributed by atoms with E-state index >= 15 is 0 Å². The highest BCUT2D eigenvalue weighted by atomic mass is 16.1. The molecule has 1 aromatic carbocycles. The lowest BCUT2D eigenvalue weighted by molar-refractivity contribution is -0.116. The molecular formula is C21H18N6O.